The molecule has 0 bridgehead atoms. The molecule has 22 heavy (non-hydrogen) atoms. The van der Waals surface area contributed by atoms with Crippen molar-refractivity contribution < 1.29 is 14.3 Å². The molecule has 0 N–H and O–H groups in total. The highest BCUT2D eigenvalue weighted by Crippen LogP contribution is 2.34. The van der Waals surface area contributed by atoms with E-state index in [1.165, 1.54) is 0 Å². The second kappa shape index (κ2) is 6.78. The van der Waals surface area contributed by atoms with Crippen molar-refractivity contribution in [2.45, 2.75) is 39.2 Å². The number of hydrogen-bond donors (Lipinski definition) is 0. The number of methoxy groups -OCH3 is 1. The standard InChI is InChI=1S/C17H24ClNO3/c1-17(2,3)22-16(20)12-7-9-19(10-8-12)14-11-13(18)5-6-15(14)21-4/h5-6,11-12H,7-10H2,1-4H3. The van der Waals surface area contributed by atoms with Crippen molar-refractivity contribution >= 4 is 23.3 Å². The number of halogens is 1. The van der Waals surface area contributed by atoms with Crippen molar-refractivity contribution in [2.24, 2.45) is 5.92 Å². The SMILES string of the molecule is COc1ccc(Cl)cc1N1CCC(C(=O)OC(C)(C)C)CC1. The molecule has 2 rings (SSSR count). The lowest BCUT2D eigenvalue weighted by Gasteiger charge is -2.34. The van der Waals surface area contributed by atoms with Gasteiger partial charge in [-0.3, -0.25) is 4.79 Å². The Morgan fingerprint density at radius 1 is 1.27 bits per heavy atom. The van der Waals surface area contributed by atoms with E-state index in [1.54, 1.807) is 7.11 Å². The third kappa shape index (κ3) is 4.29. The summed E-state index contributed by atoms with van der Waals surface area (Å²) >= 11 is 6.09. The van der Waals surface area contributed by atoms with Crippen molar-refractivity contribution in [1.29, 1.82) is 0 Å². The van der Waals surface area contributed by atoms with Crippen LogP contribution < -0.4 is 9.64 Å². The molecule has 1 aliphatic rings. The van der Waals surface area contributed by atoms with Gasteiger partial charge < -0.3 is 14.4 Å². The summed E-state index contributed by atoms with van der Waals surface area (Å²) in [7, 11) is 1.65. The molecule has 0 unspecified atom stereocenters. The number of ether oxygens (including phenoxy) is 2. The summed E-state index contributed by atoms with van der Waals surface area (Å²) in [5.74, 6) is 0.686. The molecule has 1 heterocycles. The van der Waals surface area contributed by atoms with E-state index < -0.39 is 5.60 Å². The number of esters is 1. The molecule has 1 aliphatic heterocycles. The molecule has 0 amide bonds. The third-order valence-corrected chi connectivity index (χ3v) is 3.95. The first kappa shape index (κ1) is 16.9. The number of carbonyl (C=O) groups excluding carboxylic acids is 1. The van der Waals surface area contributed by atoms with E-state index >= 15 is 0 Å². The van der Waals surface area contributed by atoms with Crippen LogP contribution in [0.3, 0.4) is 0 Å². The van der Waals surface area contributed by atoms with Gasteiger partial charge in [-0.15, -0.1) is 0 Å². The van der Waals surface area contributed by atoms with Crippen LogP contribution in [0.25, 0.3) is 0 Å². The number of nitrogens with zero attached hydrogens (tertiary/aromatic N) is 1. The Morgan fingerprint density at radius 2 is 1.91 bits per heavy atom. The zero-order valence-electron chi connectivity index (χ0n) is 13.7. The Balaban J connectivity index is 2.00. The van der Waals surface area contributed by atoms with Gasteiger partial charge in [0.05, 0.1) is 18.7 Å². The van der Waals surface area contributed by atoms with Crippen LogP contribution in [-0.2, 0) is 9.53 Å². The quantitative estimate of drug-likeness (QED) is 0.790. The van der Waals surface area contributed by atoms with E-state index in [4.69, 9.17) is 21.1 Å². The van der Waals surface area contributed by atoms with Crippen LogP contribution in [0.4, 0.5) is 5.69 Å². The Kier molecular flexibility index (Phi) is 5.22. The maximum absolute atomic E-state index is 12.1. The topological polar surface area (TPSA) is 38.8 Å². The number of benzene rings is 1. The predicted octanol–water partition coefficient (Wildman–Crippen LogP) is 3.91. The minimum atomic E-state index is -0.426. The first-order valence-electron chi connectivity index (χ1n) is 7.61. The molecule has 5 heteroatoms. The lowest BCUT2D eigenvalue weighted by molar-refractivity contribution is -0.160. The van der Waals surface area contributed by atoms with Gasteiger partial charge >= 0.3 is 5.97 Å². The first-order valence-corrected chi connectivity index (χ1v) is 7.99. The Hall–Kier alpha value is -1.42. The smallest absolute Gasteiger partial charge is 0.309 e. The van der Waals surface area contributed by atoms with Crippen LogP contribution in [0.1, 0.15) is 33.6 Å². The van der Waals surface area contributed by atoms with E-state index in [0.717, 1.165) is 37.4 Å². The molecule has 0 aliphatic carbocycles. The van der Waals surface area contributed by atoms with Crippen LogP contribution in [0.2, 0.25) is 5.02 Å². The fourth-order valence-corrected chi connectivity index (χ4v) is 2.82. The van der Waals surface area contributed by atoms with E-state index in [1.807, 2.05) is 39.0 Å². The van der Waals surface area contributed by atoms with Gasteiger partial charge in [-0.2, -0.15) is 0 Å². The van der Waals surface area contributed by atoms with Crippen molar-refractivity contribution in [3.05, 3.63) is 23.2 Å². The van der Waals surface area contributed by atoms with Crippen LogP contribution in [0.15, 0.2) is 18.2 Å². The van der Waals surface area contributed by atoms with Gasteiger partial charge in [-0.25, -0.2) is 0 Å². The van der Waals surface area contributed by atoms with Gasteiger partial charge in [0.15, 0.2) is 0 Å². The number of rotatable bonds is 3. The molecule has 0 aromatic heterocycles. The molecular formula is C17H24ClNO3. The monoisotopic (exact) mass is 325 g/mol. The van der Waals surface area contributed by atoms with Gasteiger partial charge in [0.25, 0.3) is 0 Å². The minimum absolute atomic E-state index is 0.0272. The van der Waals surface area contributed by atoms with Gasteiger partial charge in [0.1, 0.15) is 11.4 Å². The van der Waals surface area contributed by atoms with Gasteiger partial charge in [0, 0.05) is 18.1 Å². The molecule has 1 aromatic carbocycles. The Morgan fingerprint density at radius 3 is 2.45 bits per heavy atom. The molecule has 1 saturated heterocycles. The summed E-state index contributed by atoms with van der Waals surface area (Å²) < 4.78 is 10.9. The van der Waals surface area contributed by atoms with Crippen LogP contribution in [-0.4, -0.2) is 31.8 Å². The number of carbonyl (C=O) groups is 1. The molecule has 0 radical (unpaired) electrons. The average molecular weight is 326 g/mol. The zero-order chi connectivity index (χ0) is 16.3. The van der Waals surface area contributed by atoms with E-state index in [2.05, 4.69) is 4.90 Å². The summed E-state index contributed by atoms with van der Waals surface area (Å²) in [6.07, 6.45) is 1.56. The highest BCUT2D eigenvalue weighted by Gasteiger charge is 2.29. The summed E-state index contributed by atoms with van der Waals surface area (Å²) in [6, 6.07) is 5.60. The molecular weight excluding hydrogens is 302 g/mol. The molecule has 0 atom stereocenters. The summed E-state index contributed by atoms with van der Waals surface area (Å²) in [5.41, 5.74) is 0.558. The second-order valence-electron chi connectivity index (χ2n) is 6.61. The number of anilines is 1. The maximum Gasteiger partial charge on any atom is 0.309 e. The van der Waals surface area contributed by atoms with Gasteiger partial charge in [-0.05, 0) is 51.8 Å². The average Bonchev–Trinajstić information content (AvgIpc) is 2.45. The molecule has 0 spiro atoms. The highest BCUT2D eigenvalue weighted by atomic mass is 35.5. The molecule has 4 nitrogen and oxygen atoms in total. The van der Waals surface area contributed by atoms with Crippen molar-refractivity contribution in [2.75, 3.05) is 25.1 Å². The van der Waals surface area contributed by atoms with Crippen LogP contribution in [0.5, 0.6) is 5.75 Å². The van der Waals surface area contributed by atoms with E-state index in [9.17, 15) is 4.79 Å². The van der Waals surface area contributed by atoms with Gasteiger partial charge in [-0.1, -0.05) is 11.6 Å². The van der Waals surface area contributed by atoms with Crippen LogP contribution in [0, 0.1) is 5.92 Å². The molecule has 122 valence electrons. The fourth-order valence-electron chi connectivity index (χ4n) is 2.65. The normalized spacial score (nSPS) is 16.5. The Bertz CT molecular complexity index is 531. The summed E-state index contributed by atoms with van der Waals surface area (Å²) in [6.45, 7) is 7.28. The van der Waals surface area contributed by atoms with Crippen molar-refractivity contribution in [1.82, 2.24) is 0 Å². The Labute approximate surface area is 137 Å². The summed E-state index contributed by atoms with van der Waals surface area (Å²) in [5, 5.41) is 0.685. The van der Waals surface area contributed by atoms with Crippen molar-refractivity contribution in [3.8, 4) is 5.75 Å². The van der Waals surface area contributed by atoms with Crippen molar-refractivity contribution in [3.63, 3.8) is 0 Å². The lowest BCUT2D eigenvalue weighted by Crippen LogP contribution is -2.39. The second-order valence-corrected chi connectivity index (χ2v) is 7.05. The van der Waals surface area contributed by atoms with E-state index in [0.29, 0.717) is 5.02 Å². The van der Waals surface area contributed by atoms with E-state index in [-0.39, 0.29) is 11.9 Å². The lowest BCUT2D eigenvalue weighted by atomic mass is 9.96. The minimum Gasteiger partial charge on any atom is -0.495 e. The molecule has 0 saturated carbocycles. The number of hydrogen-bond acceptors (Lipinski definition) is 4. The zero-order valence-corrected chi connectivity index (χ0v) is 14.4. The number of piperidine rings is 1. The maximum atomic E-state index is 12.1. The molecule has 1 aromatic rings. The third-order valence-electron chi connectivity index (χ3n) is 3.72. The largest absolute Gasteiger partial charge is 0.495 e. The molecule has 1 fully saturated rings. The highest BCUT2D eigenvalue weighted by molar-refractivity contribution is 6.30. The first-order chi connectivity index (χ1) is 10.3. The fraction of sp³-hybridized carbons (Fsp3) is 0.588. The van der Waals surface area contributed by atoms with Gasteiger partial charge in [0.2, 0.25) is 0 Å². The summed E-state index contributed by atoms with van der Waals surface area (Å²) in [4.78, 5) is 14.4. The van der Waals surface area contributed by atoms with Crippen LogP contribution >= 0.6 is 11.6 Å². The predicted molar refractivity (Wildman–Crippen MR) is 88.8 cm³/mol.